The molecule has 0 spiro atoms. The van der Waals surface area contributed by atoms with Crippen molar-refractivity contribution in [3.8, 4) is 0 Å². The smallest absolute Gasteiger partial charge is 0.345 e. The van der Waals surface area contributed by atoms with Crippen molar-refractivity contribution in [2.45, 2.75) is 6.54 Å². The molecule has 1 aromatic heterocycles. The highest BCUT2D eigenvalue weighted by molar-refractivity contribution is 4.67. The molecule has 1 saturated heterocycles. The van der Waals surface area contributed by atoms with Gasteiger partial charge >= 0.3 is 5.69 Å². The predicted octanol–water partition coefficient (Wildman–Crippen LogP) is -1.09. The van der Waals surface area contributed by atoms with Crippen LogP contribution in [0.3, 0.4) is 0 Å². The third-order valence-corrected chi connectivity index (χ3v) is 2.62. The third-order valence-electron chi connectivity index (χ3n) is 2.62. The molecule has 1 aliphatic rings. The van der Waals surface area contributed by atoms with Crippen LogP contribution in [0.5, 0.6) is 0 Å². The first-order chi connectivity index (χ1) is 7.27. The van der Waals surface area contributed by atoms with Gasteiger partial charge in [-0.1, -0.05) is 0 Å². The van der Waals surface area contributed by atoms with Crippen molar-refractivity contribution >= 4 is 0 Å². The zero-order valence-electron chi connectivity index (χ0n) is 8.93. The number of hydrogen-bond donors (Lipinski definition) is 0. The molecular weight excluding hydrogens is 196 g/mol. The van der Waals surface area contributed by atoms with Gasteiger partial charge in [-0.25, -0.2) is 9.48 Å². The maximum absolute atomic E-state index is 11.5. The summed E-state index contributed by atoms with van der Waals surface area (Å²) in [7, 11) is 1.71. The minimum atomic E-state index is -0.0525. The topological polar surface area (TPSA) is 52.3 Å². The second-order valence-electron chi connectivity index (χ2n) is 3.70. The van der Waals surface area contributed by atoms with Gasteiger partial charge in [-0.15, -0.1) is 0 Å². The molecule has 2 heterocycles. The standard InChI is InChI=1S/C9H16N4O2/c1-11-8-10-13(9(11)14)3-2-12-4-6-15-7-5-12/h8H,2-7H2,1H3. The van der Waals surface area contributed by atoms with Crippen LogP contribution in [0.15, 0.2) is 11.1 Å². The van der Waals surface area contributed by atoms with Gasteiger partial charge in [-0.3, -0.25) is 9.47 Å². The van der Waals surface area contributed by atoms with Gasteiger partial charge in [0.25, 0.3) is 0 Å². The van der Waals surface area contributed by atoms with Gasteiger partial charge in [0.2, 0.25) is 0 Å². The summed E-state index contributed by atoms with van der Waals surface area (Å²) in [5.74, 6) is 0. The van der Waals surface area contributed by atoms with E-state index in [2.05, 4.69) is 10.00 Å². The van der Waals surface area contributed by atoms with Crippen molar-refractivity contribution in [1.29, 1.82) is 0 Å². The number of morpholine rings is 1. The zero-order valence-corrected chi connectivity index (χ0v) is 8.93. The lowest BCUT2D eigenvalue weighted by molar-refractivity contribution is 0.0358. The normalized spacial score (nSPS) is 18.2. The fourth-order valence-electron chi connectivity index (χ4n) is 1.63. The quantitative estimate of drug-likeness (QED) is 0.639. The van der Waals surface area contributed by atoms with Crippen LogP contribution in [0.4, 0.5) is 0 Å². The zero-order chi connectivity index (χ0) is 10.7. The van der Waals surface area contributed by atoms with Crippen molar-refractivity contribution in [2.75, 3.05) is 32.8 Å². The second kappa shape index (κ2) is 4.59. The second-order valence-corrected chi connectivity index (χ2v) is 3.70. The van der Waals surface area contributed by atoms with E-state index in [-0.39, 0.29) is 5.69 Å². The Bertz CT molecular complexity index is 364. The highest BCUT2D eigenvalue weighted by Gasteiger charge is 2.10. The summed E-state index contributed by atoms with van der Waals surface area (Å²) in [6.45, 7) is 4.98. The molecule has 0 unspecified atom stereocenters. The van der Waals surface area contributed by atoms with E-state index >= 15 is 0 Å². The first-order valence-corrected chi connectivity index (χ1v) is 5.16. The minimum Gasteiger partial charge on any atom is -0.379 e. The molecule has 84 valence electrons. The van der Waals surface area contributed by atoms with Crippen LogP contribution in [0.2, 0.25) is 0 Å². The molecule has 0 atom stereocenters. The fraction of sp³-hybridized carbons (Fsp3) is 0.778. The van der Waals surface area contributed by atoms with Gasteiger partial charge in [-0.2, -0.15) is 5.10 Å². The van der Waals surface area contributed by atoms with Gasteiger partial charge in [0.15, 0.2) is 0 Å². The third kappa shape index (κ3) is 2.45. The van der Waals surface area contributed by atoms with E-state index in [0.29, 0.717) is 6.54 Å². The monoisotopic (exact) mass is 212 g/mol. The summed E-state index contributed by atoms with van der Waals surface area (Å²) < 4.78 is 8.23. The van der Waals surface area contributed by atoms with Gasteiger partial charge in [0, 0.05) is 26.7 Å². The number of hydrogen-bond acceptors (Lipinski definition) is 4. The van der Waals surface area contributed by atoms with E-state index < -0.39 is 0 Å². The van der Waals surface area contributed by atoms with Crippen molar-refractivity contribution < 1.29 is 4.74 Å². The largest absolute Gasteiger partial charge is 0.379 e. The summed E-state index contributed by atoms with van der Waals surface area (Å²) in [4.78, 5) is 13.7. The van der Waals surface area contributed by atoms with E-state index in [1.165, 1.54) is 9.25 Å². The number of nitrogens with zero attached hydrogens (tertiary/aromatic N) is 4. The number of aromatic nitrogens is 3. The lowest BCUT2D eigenvalue weighted by Crippen LogP contribution is -2.39. The van der Waals surface area contributed by atoms with E-state index in [1.807, 2.05) is 0 Å². The van der Waals surface area contributed by atoms with Crippen molar-refractivity contribution in [1.82, 2.24) is 19.2 Å². The van der Waals surface area contributed by atoms with Crippen molar-refractivity contribution in [3.05, 3.63) is 16.8 Å². The molecule has 1 fully saturated rings. The maximum atomic E-state index is 11.5. The average Bonchev–Trinajstić information content (AvgIpc) is 2.59. The number of rotatable bonds is 3. The van der Waals surface area contributed by atoms with Gasteiger partial charge in [0.1, 0.15) is 6.33 Å². The van der Waals surface area contributed by atoms with Crippen molar-refractivity contribution in [3.63, 3.8) is 0 Å². The predicted molar refractivity (Wildman–Crippen MR) is 54.7 cm³/mol. The molecule has 2 rings (SSSR count). The van der Waals surface area contributed by atoms with Crippen LogP contribution in [-0.2, 0) is 18.3 Å². The Balaban J connectivity index is 1.87. The maximum Gasteiger partial charge on any atom is 0.345 e. The van der Waals surface area contributed by atoms with Gasteiger partial charge < -0.3 is 4.74 Å². The van der Waals surface area contributed by atoms with Gasteiger partial charge in [0.05, 0.1) is 19.8 Å². The fourth-order valence-corrected chi connectivity index (χ4v) is 1.63. The summed E-state index contributed by atoms with van der Waals surface area (Å²) in [5.41, 5.74) is -0.0525. The lowest BCUT2D eigenvalue weighted by atomic mass is 10.4. The molecule has 0 bridgehead atoms. The van der Waals surface area contributed by atoms with E-state index in [9.17, 15) is 4.79 Å². The average molecular weight is 212 g/mol. The van der Waals surface area contributed by atoms with Crippen LogP contribution in [-0.4, -0.2) is 52.1 Å². The summed E-state index contributed by atoms with van der Waals surface area (Å²) >= 11 is 0. The molecule has 1 aliphatic heterocycles. The van der Waals surface area contributed by atoms with E-state index in [0.717, 1.165) is 32.8 Å². The number of aryl methyl sites for hydroxylation is 1. The molecule has 0 N–H and O–H groups in total. The number of ether oxygens (including phenoxy) is 1. The van der Waals surface area contributed by atoms with Crippen LogP contribution < -0.4 is 5.69 Å². The van der Waals surface area contributed by atoms with Crippen LogP contribution >= 0.6 is 0 Å². The molecule has 15 heavy (non-hydrogen) atoms. The van der Waals surface area contributed by atoms with E-state index in [4.69, 9.17) is 4.74 Å². The van der Waals surface area contributed by atoms with Crippen LogP contribution in [0, 0.1) is 0 Å². The Labute approximate surface area is 88.1 Å². The molecule has 0 radical (unpaired) electrons. The Hall–Kier alpha value is -1.14. The molecular formula is C9H16N4O2. The Kier molecular flexibility index (Phi) is 3.17. The SMILES string of the molecule is Cn1cnn(CCN2CCOCC2)c1=O. The Morgan fingerprint density at radius 2 is 2.13 bits per heavy atom. The molecule has 1 aromatic rings. The first kappa shape index (κ1) is 10.4. The lowest BCUT2D eigenvalue weighted by Gasteiger charge is -2.26. The van der Waals surface area contributed by atoms with Crippen LogP contribution in [0.1, 0.15) is 0 Å². The highest BCUT2D eigenvalue weighted by atomic mass is 16.5. The summed E-state index contributed by atoms with van der Waals surface area (Å²) in [5, 5.41) is 4.01. The summed E-state index contributed by atoms with van der Waals surface area (Å²) in [6.07, 6.45) is 1.54. The van der Waals surface area contributed by atoms with Crippen molar-refractivity contribution in [2.24, 2.45) is 7.05 Å². The molecule has 0 saturated carbocycles. The molecule has 6 heteroatoms. The molecule has 0 aromatic carbocycles. The molecule has 0 amide bonds. The Morgan fingerprint density at radius 3 is 2.73 bits per heavy atom. The minimum absolute atomic E-state index is 0.0525. The molecule has 6 nitrogen and oxygen atoms in total. The highest BCUT2D eigenvalue weighted by Crippen LogP contribution is 1.96. The first-order valence-electron chi connectivity index (χ1n) is 5.16. The van der Waals surface area contributed by atoms with Crippen LogP contribution in [0.25, 0.3) is 0 Å². The Morgan fingerprint density at radius 1 is 1.40 bits per heavy atom. The van der Waals surface area contributed by atoms with E-state index in [1.54, 1.807) is 13.4 Å². The van der Waals surface area contributed by atoms with Gasteiger partial charge in [-0.05, 0) is 0 Å². The molecule has 0 aliphatic carbocycles. The summed E-state index contributed by atoms with van der Waals surface area (Å²) in [6, 6.07) is 0.